The van der Waals surface area contributed by atoms with Crippen molar-refractivity contribution in [3.8, 4) is 11.3 Å². The van der Waals surface area contributed by atoms with Crippen molar-refractivity contribution in [2.24, 2.45) is 5.92 Å². The van der Waals surface area contributed by atoms with Crippen LogP contribution < -0.4 is 9.62 Å². The molecular weight excluding hydrogens is 609 g/mol. The summed E-state index contributed by atoms with van der Waals surface area (Å²) < 4.78 is 109. The highest BCUT2D eigenvalue weighted by molar-refractivity contribution is 7.91. The third kappa shape index (κ3) is 5.25. The summed E-state index contributed by atoms with van der Waals surface area (Å²) in [6.45, 7) is 0.239. The number of aromatic nitrogens is 1. The Kier molecular flexibility index (Phi) is 6.81. The van der Waals surface area contributed by atoms with Gasteiger partial charge in [-0.3, -0.25) is 4.79 Å². The van der Waals surface area contributed by atoms with Crippen molar-refractivity contribution in [1.82, 2.24) is 9.88 Å². The van der Waals surface area contributed by atoms with Gasteiger partial charge in [0.05, 0.1) is 34.8 Å². The van der Waals surface area contributed by atoms with Gasteiger partial charge in [0.1, 0.15) is 11.5 Å². The normalized spacial score (nSPS) is 24.1. The van der Waals surface area contributed by atoms with Crippen LogP contribution in [0.5, 0.6) is 0 Å². The van der Waals surface area contributed by atoms with E-state index in [0.717, 1.165) is 12.1 Å². The molecule has 234 valence electrons. The van der Waals surface area contributed by atoms with E-state index in [2.05, 4.69) is 5.16 Å². The summed E-state index contributed by atoms with van der Waals surface area (Å²) in [4.78, 5) is 14.3. The van der Waals surface area contributed by atoms with Crippen LogP contribution in [0.1, 0.15) is 65.8 Å². The van der Waals surface area contributed by atoms with Gasteiger partial charge in [-0.1, -0.05) is 23.4 Å². The maximum absolute atomic E-state index is 15.2. The molecular formula is C30H28F5N3O5S. The Balaban J connectivity index is 1.05. The monoisotopic (exact) mass is 637 g/mol. The summed E-state index contributed by atoms with van der Waals surface area (Å²) in [6, 6.07) is 8.69. The Morgan fingerprint density at radius 3 is 2.52 bits per heavy atom. The summed E-state index contributed by atoms with van der Waals surface area (Å²) in [5.74, 6) is -1.68. The molecule has 8 nitrogen and oxygen atoms in total. The molecule has 3 aliphatic carbocycles. The minimum absolute atomic E-state index is 0.0273. The number of rotatable bonds is 9. The third-order valence-corrected chi connectivity index (χ3v) is 10.8. The fourth-order valence-corrected chi connectivity index (χ4v) is 7.71. The molecule has 2 heterocycles. The number of anilines is 1. The van der Waals surface area contributed by atoms with Crippen LogP contribution in [0.25, 0.3) is 11.3 Å². The van der Waals surface area contributed by atoms with E-state index in [9.17, 15) is 26.4 Å². The van der Waals surface area contributed by atoms with E-state index < -0.39 is 44.4 Å². The Morgan fingerprint density at radius 2 is 1.89 bits per heavy atom. The molecule has 1 aromatic heterocycles. The van der Waals surface area contributed by atoms with Crippen LogP contribution in [0, 0.1) is 11.7 Å². The van der Waals surface area contributed by atoms with Crippen LogP contribution in [-0.2, 0) is 33.2 Å². The van der Waals surface area contributed by atoms with Crippen molar-refractivity contribution in [2.45, 2.75) is 74.4 Å². The molecule has 3 atom stereocenters. The molecule has 14 heteroatoms. The lowest BCUT2D eigenvalue weighted by Crippen LogP contribution is -2.39. The van der Waals surface area contributed by atoms with Gasteiger partial charge in [-0.05, 0) is 62.8 Å². The number of hydrogen-bond donors (Lipinski definition) is 1. The van der Waals surface area contributed by atoms with Gasteiger partial charge in [-0.15, -0.1) is 0 Å². The lowest BCUT2D eigenvalue weighted by molar-refractivity contribution is -0.137. The van der Waals surface area contributed by atoms with Gasteiger partial charge in [0.25, 0.3) is 5.91 Å². The van der Waals surface area contributed by atoms with Crippen LogP contribution in [0.3, 0.4) is 0 Å². The van der Waals surface area contributed by atoms with Crippen LogP contribution in [-0.4, -0.2) is 43.4 Å². The largest absolute Gasteiger partial charge is 0.417 e. The maximum Gasteiger partial charge on any atom is 0.417 e. The highest BCUT2D eigenvalue weighted by atomic mass is 32.2. The number of amides is 1. The predicted octanol–water partition coefficient (Wildman–Crippen LogP) is 5.86. The molecule has 3 aromatic rings. The summed E-state index contributed by atoms with van der Waals surface area (Å²) >= 11 is 0. The predicted molar refractivity (Wildman–Crippen MR) is 147 cm³/mol. The molecule has 1 saturated heterocycles. The molecule has 1 amide bonds. The van der Waals surface area contributed by atoms with E-state index in [1.807, 2.05) is 9.62 Å². The fraction of sp³-hybridized carbons (Fsp3) is 0.467. The summed E-state index contributed by atoms with van der Waals surface area (Å²) in [5.41, 5.74) is -2.67. The number of nitrogens with one attached hydrogen (secondary N) is 1. The molecule has 4 fully saturated rings. The van der Waals surface area contributed by atoms with Crippen molar-refractivity contribution in [3.63, 3.8) is 0 Å². The topological polar surface area (TPSA) is 102 Å². The van der Waals surface area contributed by atoms with E-state index >= 15 is 8.78 Å². The lowest BCUT2D eigenvalue weighted by Gasteiger charge is -2.33. The number of carbonyl (C=O) groups is 1. The van der Waals surface area contributed by atoms with Crippen LogP contribution in [0.4, 0.5) is 27.6 Å². The average Bonchev–Trinajstić information content (AvgIpc) is 3.84. The van der Waals surface area contributed by atoms with E-state index in [1.54, 1.807) is 0 Å². The van der Waals surface area contributed by atoms with Gasteiger partial charge < -0.3 is 14.2 Å². The molecule has 0 unspecified atom stereocenters. The van der Waals surface area contributed by atoms with Crippen molar-refractivity contribution >= 4 is 21.6 Å². The number of halogens is 5. The first-order valence-corrected chi connectivity index (χ1v) is 16.0. The molecule has 3 saturated carbocycles. The fourth-order valence-electron chi connectivity index (χ4n) is 6.41. The zero-order valence-electron chi connectivity index (χ0n) is 23.2. The molecule has 1 aliphatic heterocycles. The Hall–Kier alpha value is -3.52. The van der Waals surface area contributed by atoms with Gasteiger partial charge in [0.15, 0.2) is 11.4 Å². The van der Waals surface area contributed by atoms with Crippen LogP contribution in [0.15, 0.2) is 47.0 Å². The quantitative estimate of drug-likeness (QED) is 0.293. The third-order valence-electron chi connectivity index (χ3n) is 9.01. The number of fused-ring (bicyclic) bond motifs is 2. The highest BCUT2D eigenvalue weighted by Gasteiger charge is 2.52. The van der Waals surface area contributed by atoms with Crippen molar-refractivity contribution in [3.05, 3.63) is 70.7 Å². The molecule has 0 radical (unpaired) electrons. The van der Waals surface area contributed by atoms with Gasteiger partial charge >= 0.3 is 6.18 Å². The van der Waals surface area contributed by atoms with E-state index in [4.69, 9.17) is 9.26 Å². The van der Waals surface area contributed by atoms with Crippen molar-refractivity contribution in [2.75, 3.05) is 11.4 Å². The number of piperidine rings is 1. The summed E-state index contributed by atoms with van der Waals surface area (Å²) in [5, 5.41) is 3.28. The maximum atomic E-state index is 15.2. The zero-order valence-corrected chi connectivity index (χ0v) is 24.1. The van der Waals surface area contributed by atoms with E-state index in [-0.39, 0.29) is 71.3 Å². The average molecular weight is 638 g/mol. The number of ether oxygens (including phenoxy) is 1. The first kappa shape index (κ1) is 29.2. The Morgan fingerprint density at radius 1 is 1.14 bits per heavy atom. The van der Waals surface area contributed by atoms with E-state index in [1.165, 1.54) is 30.3 Å². The number of nitrogens with zero attached hydrogens (tertiary/aromatic N) is 2. The second-order valence-electron chi connectivity index (χ2n) is 12.1. The summed E-state index contributed by atoms with van der Waals surface area (Å²) in [7, 11) is -3.77. The minimum atomic E-state index is -4.65. The summed E-state index contributed by atoms with van der Waals surface area (Å²) in [6.07, 6.45) is -2.44. The molecule has 2 bridgehead atoms. The number of sulfonamides is 1. The Labute approximate surface area is 249 Å². The molecule has 7 rings (SSSR count). The Bertz CT molecular complexity index is 1730. The molecule has 1 N–H and O–H groups in total. The van der Waals surface area contributed by atoms with Gasteiger partial charge in [0, 0.05) is 29.6 Å². The van der Waals surface area contributed by atoms with Gasteiger partial charge in [-0.2, -0.15) is 13.2 Å². The van der Waals surface area contributed by atoms with Gasteiger partial charge in [0.2, 0.25) is 10.0 Å². The zero-order chi connectivity index (χ0) is 31.0. The standard InChI is InChI=1S/C30H28F5N3O5S/c31-23-12-16(28(39)37-44(40,41)19-6-7-19)5-8-24(23)38-14-17-11-18(38)13-25(17)42-15-21-26(36-43-27(21)29(32)9-10-29)20-3-1-2-4-22(20)30(33,34)35/h1-5,8,12,17-19,25H,6-7,9-11,13-15H2,(H,37,39)/t17-,18-,25+/m0/s1. The van der Waals surface area contributed by atoms with E-state index in [0.29, 0.717) is 32.2 Å². The first-order valence-electron chi connectivity index (χ1n) is 14.4. The second kappa shape index (κ2) is 10.3. The molecule has 44 heavy (non-hydrogen) atoms. The second-order valence-corrected chi connectivity index (χ2v) is 14.0. The number of benzene rings is 2. The van der Waals surface area contributed by atoms with Crippen LogP contribution >= 0.6 is 0 Å². The molecule has 2 aromatic carbocycles. The number of carbonyl (C=O) groups excluding carboxylic acids is 1. The first-order chi connectivity index (χ1) is 20.8. The minimum Gasteiger partial charge on any atom is -0.373 e. The number of alkyl halides is 4. The molecule has 4 aliphatic rings. The van der Waals surface area contributed by atoms with Crippen molar-refractivity contribution < 1.29 is 44.4 Å². The highest BCUT2D eigenvalue weighted by Crippen LogP contribution is 2.53. The van der Waals surface area contributed by atoms with Crippen molar-refractivity contribution in [1.29, 1.82) is 0 Å². The molecule has 0 spiro atoms. The smallest absolute Gasteiger partial charge is 0.373 e. The number of hydrogen-bond acceptors (Lipinski definition) is 7. The lowest BCUT2D eigenvalue weighted by atomic mass is 9.99. The van der Waals surface area contributed by atoms with Crippen LogP contribution in [0.2, 0.25) is 0 Å². The SMILES string of the molecule is O=C(NS(=O)(=O)C1CC1)c1ccc(N2C[C@@H]3C[C@H]2C[C@H]3OCc2c(-c3ccccc3C(F)(F)F)noc2C2(F)CC2)c(F)c1. The van der Waals surface area contributed by atoms with Gasteiger partial charge in [-0.25, -0.2) is 21.9 Å².